The smallest absolute Gasteiger partial charge is 0.130 e. The summed E-state index contributed by atoms with van der Waals surface area (Å²) in [5.74, 6) is 0. The Hall–Kier alpha value is -1.58. The van der Waals surface area contributed by atoms with Gasteiger partial charge >= 0.3 is 0 Å². The molecule has 0 aliphatic heterocycles. The summed E-state index contributed by atoms with van der Waals surface area (Å²) in [6.07, 6.45) is 2.95. The summed E-state index contributed by atoms with van der Waals surface area (Å²) in [6.45, 7) is 0. The minimum absolute atomic E-state index is 0.806. The maximum atomic E-state index is 11.4. The molecule has 1 aliphatic rings. The van der Waals surface area contributed by atoms with E-state index in [1.165, 1.54) is 15.8 Å². The van der Waals surface area contributed by atoms with Crippen LogP contribution in [0.1, 0.15) is 29.0 Å². The molecule has 0 amide bonds. The number of nitrogens with zero attached hydrogens (tertiary/aromatic N) is 1. The molecule has 0 saturated carbocycles. The first-order valence-electron chi connectivity index (χ1n) is 7.04. The molecule has 1 unspecified atom stereocenters. The third-order valence-corrected chi connectivity index (χ3v) is 5.49. The Bertz CT molecular complexity index is 785. The van der Waals surface area contributed by atoms with Crippen molar-refractivity contribution >= 4 is 22.2 Å². The lowest BCUT2D eigenvalue weighted by molar-refractivity contribution is 0.0556. The molecule has 3 heteroatoms. The number of benzene rings is 1. The molecule has 4 rings (SSSR count). The second-order valence-electron chi connectivity index (χ2n) is 5.62. The SMILES string of the molecule is Cn1c(C2(O)CCCc3sccc32)cc2ccccc21. The Morgan fingerprint density at radius 2 is 2.10 bits per heavy atom. The number of hydrogen-bond acceptors (Lipinski definition) is 2. The Morgan fingerprint density at radius 3 is 2.95 bits per heavy atom. The van der Waals surface area contributed by atoms with Gasteiger partial charge < -0.3 is 9.67 Å². The van der Waals surface area contributed by atoms with E-state index >= 15 is 0 Å². The molecule has 2 aromatic heterocycles. The predicted molar refractivity (Wildman–Crippen MR) is 83.2 cm³/mol. The topological polar surface area (TPSA) is 25.2 Å². The number of fused-ring (bicyclic) bond motifs is 2. The number of rotatable bonds is 1. The summed E-state index contributed by atoms with van der Waals surface area (Å²) in [7, 11) is 2.05. The summed E-state index contributed by atoms with van der Waals surface area (Å²) >= 11 is 1.77. The largest absolute Gasteiger partial charge is 0.379 e. The highest BCUT2D eigenvalue weighted by molar-refractivity contribution is 7.10. The van der Waals surface area contributed by atoms with Crippen LogP contribution in [0.15, 0.2) is 41.8 Å². The van der Waals surface area contributed by atoms with Crippen molar-refractivity contribution in [3.63, 3.8) is 0 Å². The van der Waals surface area contributed by atoms with Gasteiger partial charge in [0.25, 0.3) is 0 Å². The third kappa shape index (κ3) is 1.54. The van der Waals surface area contributed by atoms with Crippen molar-refractivity contribution in [1.82, 2.24) is 4.57 Å². The van der Waals surface area contributed by atoms with E-state index in [0.29, 0.717) is 0 Å². The van der Waals surface area contributed by atoms with Crippen LogP contribution in [0.25, 0.3) is 10.9 Å². The first-order chi connectivity index (χ1) is 9.70. The van der Waals surface area contributed by atoms with Crippen molar-refractivity contribution in [3.05, 3.63) is 57.9 Å². The molecular weight excluding hydrogens is 266 g/mol. The zero-order valence-electron chi connectivity index (χ0n) is 11.5. The molecule has 2 heterocycles. The van der Waals surface area contributed by atoms with Crippen molar-refractivity contribution in [3.8, 4) is 0 Å². The number of thiophene rings is 1. The van der Waals surface area contributed by atoms with Crippen LogP contribution in [0.2, 0.25) is 0 Å². The monoisotopic (exact) mass is 283 g/mol. The van der Waals surface area contributed by atoms with E-state index in [4.69, 9.17) is 0 Å². The number of para-hydroxylation sites is 1. The van der Waals surface area contributed by atoms with E-state index in [1.807, 2.05) is 12.1 Å². The van der Waals surface area contributed by atoms with Crippen LogP contribution in [0.4, 0.5) is 0 Å². The lowest BCUT2D eigenvalue weighted by Gasteiger charge is -2.33. The van der Waals surface area contributed by atoms with Crippen molar-refractivity contribution in [2.45, 2.75) is 24.9 Å². The Labute approximate surface area is 122 Å². The van der Waals surface area contributed by atoms with Gasteiger partial charge in [0, 0.05) is 23.0 Å². The minimum Gasteiger partial charge on any atom is -0.379 e. The lowest BCUT2D eigenvalue weighted by Crippen LogP contribution is -2.32. The molecule has 1 N–H and O–H groups in total. The van der Waals surface area contributed by atoms with Gasteiger partial charge in [-0.05, 0) is 48.2 Å². The second kappa shape index (κ2) is 4.21. The van der Waals surface area contributed by atoms with Gasteiger partial charge in [0.1, 0.15) is 5.60 Å². The maximum Gasteiger partial charge on any atom is 0.130 e. The summed E-state index contributed by atoms with van der Waals surface area (Å²) in [5, 5.41) is 14.6. The van der Waals surface area contributed by atoms with Crippen molar-refractivity contribution in [2.24, 2.45) is 7.05 Å². The lowest BCUT2D eigenvalue weighted by atomic mass is 9.81. The van der Waals surface area contributed by atoms with Gasteiger partial charge in [0.15, 0.2) is 0 Å². The molecule has 1 atom stereocenters. The molecule has 1 aromatic carbocycles. The van der Waals surface area contributed by atoms with E-state index in [1.54, 1.807) is 11.3 Å². The summed E-state index contributed by atoms with van der Waals surface area (Å²) in [5.41, 5.74) is 2.47. The third-order valence-electron chi connectivity index (χ3n) is 4.51. The van der Waals surface area contributed by atoms with Crippen molar-refractivity contribution < 1.29 is 5.11 Å². The highest BCUT2D eigenvalue weighted by Gasteiger charge is 2.39. The molecule has 0 spiro atoms. The molecule has 102 valence electrons. The quantitative estimate of drug-likeness (QED) is 0.722. The van der Waals surface area contributed by atoms with E-state index in [2.05, 4.69) is 41.3 Å². The zero-order valence-corrected chi connectivity index (χ0v) is 12.3. The van der Waals surface area contributed by atoms with Gasteiger partial charge in [-0.2, -0.15) is 0 Å². The molecule has 3 aromatic rings. The van der Waals surface area contributed by atoms with Gasteiger partial charge in [0.05, 0.1) is 5.69 Å². The van der Waals surface area contributed by atoms with Crippen LogP contribution in [0.3, 0.4) is 0 Å². The molecular formula is C17H17NOS. The van der Waals surface area contributed by atoms with Gasteiger partial charge in [0.2, 0.25) is 0 Å². The Balaban J connectivity index is 1.98. The van der Waals surface area contributed by atoms with Crippen LogP contribution in [-0.4, -0.2) is 9.67 Å². The predicted octanol–water partition coefficient (Wildman–Crippen LogP) is 3.81. The summed E-state index contributed by atoms with van der Waals surface area (Å²) in [6, 6.07) is 12.6. The van der Waals surface area contributed by atoms with Crippen LogP contribution >= 0.6 is 11.3 Å². The van der Waals surface area contributed by atoms with Crippen molar-refractivity contribution in [2.75, 3.05) is 0 Å². The van der Waals surface area contributed by atoms with E-state index < -0.39 is 5.60 Å². The van der Waals surface area contributed by atoms with Crippen LogP contribution < -0.4 is 0 Å². The fourth-order valence-electron chi connectivity index (χ4n) is 3.49. The van der Waals surface area contributed by atoms with Crippen molar-refractivity contribution in [1.29, 1.82) is 0 Å². The van der Waals surface area contributed by atoms with E-state index in [9.17, 15) is 5.11 Å². The molecule has 0 radical (unpaired) electrons. The minimum atomic E-state index is -0.832. The molecule has 20 heavy (non-hydrogen) atoms. The molecule has 1 aliphatic carbocycles. The zero-order chi connectivity index (χ0) is 13.7. The van der Waals surface area contributed by atoms with E-state index in [0.717, 1.165) is 30.5 Å². The highest BCUT2D eigenvalue weighted by Crippen LogP contribution is 2.43. The summed E-state index contributed by atoms with van der Waals surface area (Å²) in [4.78, 5) is 1.34. The van der Waals surface area contributed by atoms with Gasteiger partial charge in [-0.15, -0.1) is 11.3 Å². The van der Waals surface area contributed by atoms with Crippen LogP contribution in [0, 0.1) is 0 Å². The number of aromatic nitrogens is 1. The average Bonchev–Trinajstić information content (AvgIpc) is 3.06. The highest BCUT2D eigenvalue weighted by atomic mass is 32.1. The van der Waals surface area contributed by atoms with Crippen LogP contribution in [-0.2, 0) is 19.1 Å². The average molecular weight is 283 g/mol. The molecule has 0 bridgehead atoms. The van der Waals surface area contributed by atoms with Crippen LogP contribution in [0.5, 0.6) is 0 Å². The van der Waals surface area contributed by atoms with Gasteiger partial charge in [-0.1, -0.05) is 18.2 Å². The number of hydrogen-bond donors (Lipinski definition) is 1. The fourth-order valence-corrected chi connectivity index (χ4v) is 4.49. The normalized spacial score (nSPS) is 22.1. The van der Waals surface area contributed by atoms with E-state index in [-0.39, 0.29) is 0 Å². The first kappa shape index (κ1) is 12.2. The number of aliphatic hydroxyl groups is 1. The number of aryl methyl sites for hydroxylation is 2. The Morgan fingerprint density at radius 1 is 1.25 bits per heavy atom. The molecule has 0 fully saturated rings. The van der Waals surface area contributed by atoms with Gasteiger partial charge in [-0.25, -0.2) is 0 Å². The maximum absolute atomic E-state index is 11.4. The van der Waals surface area contributed by atoms with Gasteiger partial charge in [-0.3, -0.25) is 0 Å². The Kier molecular flexibility index (Phi) is 2.56. The molecule has 0 saturated heterocycles. The summed E-state index contributed by atoms with van der Waals surface area (Å²) < 4.78 is 2.14. The fraction of sp³-hybridized carbons (Fsp3) is 0.294. The molecule has 2 nitrogen and oxygen atoms in total. The standard InChI is InChI=1S/C17H17NOS/c1-18-14-6-3-2-5-12(14)11-16(18)17(19)9-4-7-15-13(17)8-10-20-15/h2-3,5-6,8,10-11,19H,4,7,9H2,1H3. The second-order valence-corrected chi connectivity index (χ2v) is 6.62. The first-order valence-corrected chi connectivity index (χ1v) is 7.92.